The number of piperidine rings is 1. The first-order chi connectivity index (χ1) is 23.4. The van der Waals surface area contributed by atoms with Crippen molar-refractivity contribution < 1.29 is 27.9 Å². The van der Waals surface area contributed by atoms with Crippen LogP contribution in [0.4, 0.5) is 19.0 Å². The van der Waals surface area contributed by atoms with E-state index in [4.69, 9.17) is 9.90 Å². The third kappa shape index (κ3) is 9.22. The Kier molecular flexibility index (Phi) is 11.7. The zero-order chi connectivity index (χ0) is 35.1. The fourth-order valence-corrected chi connectivity index (χ4v) is 6.69. The molecule has 1 aromatic carbocycles. The lowest BCUT2D eigenvalue weighted by Gasteiger charge is -2.42. The van der Waals surface area contributed by atoms with Crippen LogP contribution >= 0.6 is 0 Å². The van der Waals surface area contributed by atoms with E-state index in [-0.39, 0.29) is 17.8 Å². The van der Waals surface area contributed by atoms with Gasteiger partial charge in [-0.1, -0.05) is 31.4 Å². The summed E-state index contributed by atoms with van der Waals surface area (Å²) in [6.45, 7) is 7.85. The first kappa shape index (κ1) is 36.0. The number of imidazole rings is 1. The number of amides is 1. The van der Waals surface area contributed by atoms with E-state index in [0.717, 1.165) is 45.3 Å². The minimum Gasteiger partial charge on any atom is -0.475 e. The summed E-state index contributed by atoms with van der Waals surface area (Å²) in [7, 11) is 4.05. The minimum atomic E-state index is -5.08. The number of piperazine rings is 1. The molecule has 2 N–H and O–H groups in total. The molecule has 6 rings (SSSR count). The number of likely N-dealkylation sites (N-methyl/N-ethyl adjacent to an activating group) is 1. The highest BCUT2D eigenvalue weighted by Crippen LogP contribution is 2.29. The number of likely N-dealkylation sites (tertiary alicyclic amines) is 1. The Morgan fingerprint density at radius 3 is 2.20 bits per heavy atom. The molecule has 3 aromatic rings. The number of alkyl halides is 3. The number of anilines is 1. The van der Waals surface area contributed by atoms with Crippen LogP contribution in [-0.4, -0.2) is 116 Å². The molecule has 13 nitrogen and oxygen atoms in total. The number of aromatic nitrogens is 4. The summed E-state index contributed by atoms with van der Waals surface area (Å²) in [4.78, 5) is 43.5. The van der Waals surface area contributed by atoms with Crippen molar-refractivity contribution in [3.63, 3.8) is 0 Å². The van der Waals surface area contributed by atoms with Crippen molar-refractivity contribution in [1.82, 2.24) is 39.6 Å². The molecule has 49 heavy (non-hydrogen) atoms. The second-order valence-corrected chi connectivity index (χ2v) is 13.0. The number of halogens is 3. The van der Waals surface area contributed by atoms with Gasteiger partial charge in [-0.3, -0.25) is 25.0 Å². The van der Waals surface area contributed by atoms with Gasteiger partial charge in [0.15, 0.2) is 17.0 Å². The lowest BCUT2D eigenvalue weighted by atomic mass is 9.95. The number of aliphatic carboxylic acids is 1. The largest absolute Gasteiger partial charge is 0.490 e. The second kappa shape index (κ2) is 15.9. The number of nitriles is 1. The monoisotopic (exact) mass is 684 g/mol. The molecular weight excluding hydrogens is 641 g/mol. The summed E-state index contributed by atoms with van der Waals surface area (Å²) in [5.41, 5.74) is 6.11. The average Bonchev–Trinajstić information content (AvgIpc) is 3.48. The van der Waals surface area contributed by atoms with E-state index in [2.05, 4.69) is 60.3 Å². The fourth-order valence-electron chi connectivity index (χ4n) is 6.69. The van der Waals surface area contributed by atoms with Gasteiger partial charge in [0.1, 0.15) is 6.07 Å². The van der Waals surface area contributed by atoms with Crippen LogP contribution in [0.15, 0.2) is 30.6 Å². The quantitative estimate of drug-likeness (QED) is 0.352. The van der Waals surface area contributed by atoms with E-state index >= 15 is 0 Å². The van der Waals surface area contributed by atoms with Crippen LogP contribution < -0.4 is 10.4 Å². The molecule has 0 bridgehead atoms. The van der Waals surface area contributed by atoms with Crippen molar-refractivity contribution in [1.29, 1.82) is 5.26 Å². The molecule has 0 unspecified atom stereocenters. The third-order valence-corrected chi connectivity index (χ3v) is 9.51. The number of aryl methyl sites for hydroxylation is 1. The molecule has 1 saturated carbocycles. The van der Waals surface area contributed by atoms with Crippen LogP contribution in [0.5, 0.6) is 0 Å². The first-order valence-corrected chi connectivity index (χ1v) is 16.7. The molecule has 2 saturated heterocycles. The van der Waals surface area contributed by atoms with E-state index in [1.165, 1.54) is 51.0 Å². The van der Waals surface area contributed by atoms with Gasteiger partial charge in [0.05, 0.1) is 12.4 Å². The van der Waals surface area contributed by atoms with Crippen molar-refractivity contribution in [2.24, 2.45) is 7.05 Å². The van der Waals surface area contributed by atoms with Crippen molar-refractivity contribution in [3.05, 3.63) is 47.5 Å². The fraction of sp³-hybridized carbons (Fsp3) is 0.576. The van der Waals surface area contributed by atoms with Gasteiger partial charge in [0, 0.05) is 51.4 Å². The molecule has 1 amide bonds. The van der Waals surface area contributed by atoms with Gasteiger partial charge in [-0.2, -0.15) is 28.4 Å². The maximum absolute atomic E-state index is 13.6. The Balaban J connectivity index is 0.000000606. The molecule has 3 aliphatic rings. The zero-order valence-electron chi connectivity index (χ0n) is 27.9. The molecule has 264 valence electrons. The molecule has 16 heteroatoms. The van der Waals surface area contributed by atoms with Crippen LogP contribution in [0.2, 0.25) is 0 Å². The van der Waals surface area contributed by atoms with Gasteiger partial charge in [-0.15, -0.1) is 0 Å². The Bertz CT molecular complexity index is 1620. The number of benzene rings is 1. The van der Waals surface area contributed by atoms with Gasteiger partial charge in [-0.25, -0.2) is 9.78 Å². The number of hydrogen-bond acceptors (Lipinski definition) is 10. The molecule has 1 aliphatic carbocycles. The second-order valence-electron chi connectivity index (χ2n) is 13.0. The average molecular weight is 685 g/mol. The number of carboxylic acid groups (broad SMARTS) is 1. The van der Waals surface area contributed by atoms with E-state index in [9.17, 15) is 23.2 Å². The number of rotatable bonds is 7. The standard InChI is InChI=1S/C31H42N10O.C2HF3O2/c1-37-16-18-40(19-17-37)25-12-14-39(15-13-25)21-23-8-10-24(11-9-23)31(42)36-41(26-6-4-3-5-7-26)30-28-29(38(2)22-33-28)34-27(20-32)35-30;3-2(4,5)1(6)7/h8-11,22,25-26H,3-7,12-19,21H2,1-2H3,(H,36,42);(H,6,7). The lowest BCUT2D eigenvalue weighted by Crippen LogP contribution is -2.52. The number of carboxylic acids is 1. The number of hydrazine groups is 1. The van der Waals surface area contributed by atoms with E-state index in [0.29, 0.717) is 28.6 Å². The number of hydrogen-bond donors (Lipinski definition) is 2. The molecule has 2 aliphatic heterocycles. The summed E-state index contributed by atoms with van der Waals surface area (Å²) >= 11 is 0. The zero-order valence-corrected chi connectivity index (χ0v) is 27.9. The van der Waals surface area contributed by atoms with Crippen LogP contribution in [0.1, 0.15) is 66.7 Å². The van der Waals surface area contributed by atoms with E-state index in [1.807, 2.05) is 24.2 Å². The third-order valence-electron chi connectivity index (χ3n) is 9.51. The highest BCUT2D eigenvalue weighted by molar-refractivity contribution is 5.96. The highest BCUT2D eigenvalue weighted by Gasteiger charge is 2.38. The Hall–Kier alpha value is -4.33. The van der Waals surface area contributed by atoms with Gasteiger partial charge in [-0.05, 0) is 63.5 Å². The van der Waals surface area contributed by atoms with Crippen LogP contribution in [0, 0.1) is 11.3 Å². The summed E-state index contributed by atoms with van der Waals surface area (Å²) in [5, 5.41) is 18.6. The Labute approximate surface area is 283 Å². The Morgan fingerprint density at radius 1 is 0.980 bits per heavy atom. The van der Waals surface area contributed by atoms with E-state index in [1.54, 1.807) is 10.9 Å². The van der Waals surface area contributed by atoms with Crippen LogP contribution in [0.3, 0.4) is 0 Å². The van der Waals surface area contributed by atoms with Crippen LogP contribution in [-0.2, 0) is 18.4 Å². The maximum Gasteiger partial charge on any atom is 0.490 e. The maximum atomic E-state index is 13.6. The predicted octanol–water partition coefficient (Wildman–Crippen LogP) is 3.56. The summed E-state index contributed by atoms with van der Waals surface area (Å²) in [5.74, 6) is -2.41. The van der Waals surface area contributed by atoms with Crippen LogP contribution in [0.25, 0.3) is 11.2 Å². The molecule has 2 aromatic heterocycles. The summed E-state index contributed by atoms with van der Waals surface area (Å²) in [6.07, 6.45) is 4.25. The lowest BCUT2D eigenvalue weighted by molar-refractivity contribution is -0.192. The summed E-state index contributed by atoms with van der Waals surface area (Å²) in [6, 6.07) is 10.8. The highest BCUT2D eigenvalue weighted by atomic mass is 19.4. The van der Waals surface area contributed by atoms with Crippen molar-refractivity contribution in [2.45, 2.75) is 69.8 Å². The summed E-state index contributed by atoms with van der Waals surface area (Å²) < 4.78 is 33.5. The molecule has 0 spiro atoms. The molecule has 3 fully saturated rings. The smallest absolute Gasteiger partial charge is 0.475 e. The topological polar surface area (TPSA) is 147 Å². The predicted molar refractivity (Wildman–Crippen MR) is 175 cm³/mol. The number of carbonyl (C=O) groups excluding carboxylic acids is 1. The van der Waals surface area contributed by atoms with Gasteiger partial charge in [0.25, 0.3) is 5.91 Å². The number of fused-ring (bicyclic) bond motifs is 1. The minimum absolute atomic E-state index is 0.0630. The van der Waals surface area contributed by atoms with Gasteiger partial charge >= 0.3 is 12.1 Å². The molecule has 0 radical (unpaired) electrons. The van der Waals surface area contributed by atoms with Crippen molar-refractivity contribution in [2.75, 3.05) is 51.3 Å². The number of carbonyl (C=O) groups is 2. The molecular formula is C33H43F3N10O3. The Morgan fingerprint density at radius 2 is 1.61 bits per heavy atom. The number of nitrogens with zero attached hydrogens (tertiary/aromatic N) is 9. The molecule has 4 heterocycles. The SMILES string of the molecule is CN1CCN(C2CCN(Cc3ccc(C(=O)NN(c4nc(C#N)nc5c4ncn5C)C4CCCCC4)cc3)CC2)CC1.O=C(O)C(F)(F)F. The number of nitrogens with one attached hydrogen (secondary N) is 1. The normalized spacial score (nSPS) is 18.8. The molecule has 0 atom stereocenters. The van der Waals surface area contributed by atoms with Gasteiger partial charge < -0.3 is 14.6 Å². The van der Waals surface area contributed by atoms with E-state index < -0.39 is 12.1 Å². The van der Waals surface area contributed by atoms with Crippen molar-refractivity contribution in [3.8, 4) is 6.07 Å². The van der Waals surface area contributed by atoms with Gasteiger partial charge in [0.2, 0.25) is 5.82 Å². The van der Waals surface area contributed by atoms with Crippen molar-refractivity contribution >= 4 is 28.9 Å². The first-order valence-electron chi connectivity index (χ1n) is 16.7.